The number of hydrogen-bond acceptors (Lipinski definition) is 6. The molecule has 1 aliphatic rings. The summed E-state index contributed by atoms with van der Waals surface area (Å²) in [6.45, 7) is 2.40. The number of aliphatic carboxylic acids is 1. The van der Waals surface area contributed by atoms with E-state index < -0.39 is 24.2 Å². The zero-order valence-corrected chi connectivity index (χ0v) is 21.5. The number of ether oxygens (including phenoxy) is 2. The van der Waals surface area contributed by atoms with Crippen LogP contribution in [0.4, 0.5) is 0 Å². The van der Waals surface area contributed by atoms with E-state index in [1.807, 2.05) is 73.8 Å². The number of carbonyl (C=O) groups excluding carboxylic acids is 2. The van der Waals surface area contributed by atoms with Crippen LogP contribution in [0.15, 0.2) is 72.8 Å². The quantitative estimate of drug-likeness (QED) is 0.445. The van der Waals surface area contributed by atoms with Gasteiger partial charge >= 0.3 is 18.9 Å². The fraction of sp³-hybridized carbons (Fsp3) is 0.286. The van der Waals surface area contributed by atoms with Crippen molar-refractivity contribution in [1.29, 1.82) is 0 Å². The molecule has 1 fully saturated rings. The van der Waals surface area contributed by atoms with Gasteiger partial charge in [-0.3, -0.25) is 4.79 Å². The standard InChI is InChI=1S/C28H29NO5S.Li/c1-18-8-6-7-11-21(18)23-16-20(28-33-17-25(34-28)19-9-4-3-5-10-19)12-13-22(23)26(30)29-24(27(31)32)14-15-35-2;/h3-13,16,24-25,28H,14-15,17H2,1-2H3,(H,29,30)(H,31,32);/q;+1/p-1. The second-order valence-electron chi connectivity index (χ2n) is 8.45. The molecule has 0 saturated carbocycles. The van der Waals surface area contributed by atoms with Gasteiger partial charge in [-0.15, -0.1) is 0 Å². The second-order valence-corrected chi connectivity index (χ2v) is 9.43. The Morgan fingerprint density at radius 2 is 1.75 bits per heavy atom. The van der Waals surface area contributed by atoms with Gasteiger partial charge in [0.15, 0.2) is 6.29 Å². The number of carboxylic acid groups (broad SMARTS) is 1. The van der Waals surface area contributed by atoms with Gasteiger partial charge in [-0.05, 0) is 59.7 Å². The molecular formula is C28H28LiNO5S. The summed E-state index contributed by atoms with van der Waals surface area (Å²) < 4.78 is 12.1. The molecule has 3 atom stereocenters. The summed E-state index contributed by atoms with van der Waals surface area (Å²) in [5, 5.41) is 14.2. The fourth-order valence-electron chi connectivity index (χ4n) is 4.14. The van der Waals surface area contributed by atoms with E-state index in [0.717, 1.165) is 22.3 Å². The third-order valence-corrected chi connectivity index (χ3v) is 6.70. The van der Waals surface area contributed by atoms with Gasteiger partial charge in [0.2, 0.25) is 0 Å². The Bertz CT molecular complexity index is 1190. The molecule has 0 bridgehead atoms. The third-order valence-electron chi connectivity index (χ3n) is 6.05. The molecule has 8 heteroatoms. The van der Waals surface area contributed by atoms with Gasteiger partial charge < -0.3 is 24.7 Å². The van der Waals surface area contributed by atoms with E-state index in [-0.39, 0.29) is 31.4 Å². The summed E-state index contributed by atoms with van der Waals surface area (Å²) >= 11 is 1.52. The molecule has 0 aliphatic carbocycles. The largest absolute Gasteiger partial charge is 1.00 e. The van der Waals surface area contributed by atoms with E-state index in [1.54, 1.807) is 12.1 Å². The summed E-state index contributed by atoms with van der Waals surface area (Å²) in [5.74, 6) is -1.15. The molecule has 1 amide bonds. The molecular weight excluding hydrogens is 469 g/mol. The molecule has 0 aromatic heterocycles. The van der Waals surface area contributed by atoms with Gasteiger partial charge in [0.25, 0.3) is 5.91 Å². The van der Waals surface area contributed by atoms with Crippen LogP contribution in [0, 0.1) is 6.92 Å². The molecule has 1 N–H and O–H groups in total. The summed E-state index contributed by atoms with van der Waals surface area (Å²) in [6.07, 6.45) is 1.43. The van der Waals surface area contributed by atoms with E-state index in [9.17, 15) is 14.7 Å². The van der Waals surface area contributed by atoms with Crippen LogP contribution in [0.5, 0.6) is 0 Å². The average Bonchev–Trinajstić information content (AvgIpc) is 3.37. The summed E-state index contributed by atoms with van der Waals surface area (Å²) in [4.78, 5) is 24.8. The van der Waals surface area contributed by atoms with E-state index in [4.69, 9.17) is 9.47 Å². The zero-order chi connectivity index (χ0) is 24.8. The van der Waals surface area contributed by atoms with E-state index >= 15 is 0 Å². The SMILES string of the molecule is CSCCC(NC(=O)c1ccc(C2OCC(c3ccccc3)O2)cc1-c1ccccc1C)C(=O)[O-].[Li+]. The summed E-state index contributed by atoms with van der Waals surface area (Å²) in [6, 6.07) is 22.0. The van der Waals surface area contributed by atoms with Crippen molar-refractivity contribution in [3.8, 4) is 11.1 Å². The summed E-state index contributed by atoms with van der Waals surface area (Å²) in [7, 11) is 0. The molecule has 182 valence electrons. The van der Waals surface area contributed by atoms with Gasteiger partial charge in [-0.25, -0.2) is 0 Å². The van der Waals surface area contributed by atoms with Crippen molar-refractivity contribution < 1.29 is 43.0 Å². The van der Waals surface area contributed by atoms with Crippen LogP contribution in [0.2, 0.25) is 0 Å². The number of nitrogens with one attached hydrogen (secondary N) is 1. The molecule has 0 radical (unpaired) electrons. The molecule has 6 nitrogen and oxygen atoms in total. The number of rotatable bonds is 9. The first-order chi connectivity index (χ1) is 17.0. The van der Waals surface area contributed by atoms with Gasteiger partial charge in [0, 0.05) is 11.1 Å². The fourth-order valence-corrected chi connectivity index (χ4v) is 4.62. The molecule has 3 unspecified atom stereocenters. The minimum atomic E-state index is -1.29. The Labute approximate surface area is 228 Å². The van der Waals surface area contributed by atoms with Crippen LogP contribution < -0.4 is 29.3 Å². The van der Waals surface area contributed by atoms with Crippen molar-refractivity contribution in [3.63, 3.8) is 0 Å². The van der Waals surface area contributed by atoms with Crippen LogP contribution in [0.25, 0.3) is 11.1 Å². The maximum Gasteiger partial charge on any atom is 1.00 e. The first-order valence-corrected chi connectivity index (χ1v) is 12.9. The van der Waals surface area contributed by atoms with Crippen LogP contribution in [-0.2, 0) is 14.3 Å². The Kier molecular flexibility index (Phi) is 10.2. The average molecular weight is 498 g/mol. The molecule has 36 heavy (non-hydrogen) atoms. The van der Waals surface area contributed by atoms with Crippen molar-refractivity contribution >= 4 is 23.6 Å². The zero-order valence-electron chi connectivity index (χ0n) is 20.7. The molecule has 1 heterocycles. The Balaban J connectivity index is 0.00000361. The predicted octanol–water partition coefficient (Wildman–Crippen LogP) is 1.05. The van der Waals surface area contributed by atoms with Crippen LogP contribution in [0.3, 0.4) is 0 Å². The van der Waals surface area contributed by atoms with Crippen molar-refractivity contribution in [2.75, 3.05) is 18.6 Å². The normalized spacial score (nSPS) is 17.7. The number of carboxylic acids is 1. The minimum Gasteiger partial charge on any atom is -0.548 e. The number of amides is 1. The third kappa shape index (κ3) is 6.61. The van der Waals surface area contributed by atoms with Crippen LogP contribution >= 0.6 is 11.8 Å². The minimum absolute atomic E-state index is 0. The Hall–Kier alpha value is -2.53. The molecule has 4 rings (SSSR count). The number of benzene rings is 3. The van der Waals surface area contributed by atoms with Crippen molar-refractivity contribution in [3.05, 3.63) is 95.1 Å². The van der Waals surface area contributed by atoms with E-state index in [2.05, 4.69) is 5.32 Å². The van der Waals surface area contributed by atoms with Gasteiger partial charge in [-0.1, -0.05) is 60.7 Å². The van der Waals surface area contributed by atoms with Crippen molar-refractivity contribution in [2.24, 2.45) is 0 Å². The van der Waals surface area contributed by atoms with Gasteiger partial charge in [0.1, 0.15) is 6.10 Å². The Morgan fingerprint density at radius 3 is 2.44 bits per heavy atom. The summed E-state index contributed by atoms with van der Waals surface area (Å²) in [5.41, 5.74) is 4.78. The van der Waals surface area contributed by atoms with E-state index in [1.165, 1.54) is 11.8 Å². The number of thioether (sulfide) groups is 1. The monoisotopic (exact) mass is 497 g/mol. The van der Waals surface area contributed by atoms with E-state index in [0.29, 0.717) is 23.5 Å². The molecule has 0 spiro atoms. The number of hydrogen-bond donors (Lipinski definition) is 1. The van der Waals surface area contributed by atoms with Crippen molar-refractivity contribution in [1.82, 2.24) is 5.32 Å². The van der Waals surface area contributed by atoms with Gasteiger partial charge in [-0.2, -0.15) is 11.8 Å². The van der Waals surface area contributed by atoms with Crippen LogP contribution in [0.1, 0.15) is 45.9 Å². The predicted molar refractivity (Wildman–Crippen MR) is 135 cm³/mol. The maximum atomic E-state index is 13.2. The first kappa shape index (κ1) is 28.0. The molecule has 1 aliphatic heterocycles. The molecule has 1 saturated heterocycles. The van der Waals surface area contributed by atoms with Crippen molar-refractivity contribution in [2.45, 2.75) is 31.8 Å². The number of aryl methyl sites for hydroxylation is 1. The van der Waals surface area contributed by atoms with Crippen LogP contribution in [-0.4, -0.2) is 36.5 Å². The Morgan fingerprint density at radius 1 is 1.03 bits per heavy atom. The van der Waals surface area contributed by atoms with Gasteiger partial charge in [0.05, 0.1) is 18.6 Å². The maximum absolute atomic E-state index is 13.2. The number of carbonyl (C=O) groups is 2. The molecule has 3 aromatic carbocycles. The topological polar surface area (TPSA) is 87.7 Å². The first-order valence-electron chi connectivity index (χ1n) is 11.5. The smallest absolute Gasteiger partial charge is 0.548 e. The second kappa shape index (κ2) is 13.1. The molecule has 3 aromatic rings.